The van der Waals surface area contributed by atoms with Gasteiger partial charge in [0, 0.05) is 18.7 Å². The van der Waals surface area contributed by atoms with Crippen LogP contribution >= 0.6 is 0 Å². The molecule has 2 fully saturated rings. The number of para-hydroxylation sites is 1. The van der Waals surface area contributed by atoms with E-state index in [1.54, 1.807) is 4.90 Å². The van der Waals surface area contributed by atoms with Crippen LogP contribution in [0.4, 0.5) is 5.69 Å². The summed E-state index contributed by atoms with van der Waals surface area (Å²) in [6.07, 6.45) is 1.84. The summed E-state index contributed by atoms with van der Waals surface area (Å²) < 4.78 is 0. The standard InChI is InChI=1S/C17H20N2O4/c1-2-11-5-3-4-6-13(11)19-10-12(9-14(19)20)15(21)18-17(7-8-17)16(22)23/h3-6,12H,2,7-10H2,1H3,(H,18,21)(H,22,23)/t12-/m0/s1. The zero-order chi connectivity index (χ0) is 16.6. The Morgan fingerprint density at radius 3 is 2.65 bits per heavy atom. The minimum Gasteiger partial charge on any atom is -0.480 e. The summed E-state index contributed by atoms with van der Waals surface area (Å²) in [6.45, 7) is 2.32. The van der Waals surface area contributed by atoms with Gasteiger partial charge in [0.05, 0.1) is 5.92 Å². The van der Waals surface area contributed by atoms with Crippen molar-refractivity contribution < 1.29 is 19.5 Å². The molecule has 0 unspecified atom stereocenters. The fourth-order valence-electron chi connectivity index (χ4n) is 3.04. The fourth-order valence-corrected chi connectivity index (χ4v) is 3.04. The number of benzene rings is 1. The van der Waals surface area contributed by atoms with Gasteiger partial charge in [-0.1, -0.05) is 25.1 Å². The molecule has 1 saturated heterocycles. The number of hydrogen-bond acceptors (Lipinski definition) is 3. The summed E-state index contributed by atoms with van der Waals surface area (Å²) in [6, 6.07) is 7.66. The van der Waals surface area contributed by atoms with Gasteiger partial charge in [-0.3, -0.25) is 9.59 Å². The van der Waals surface area contributed by atoms with Crippen LogP contribution < -0.4 is 10.2 Å². The number of aryl methyl sites for hydroxylation is 1. The van der Waals surface area contributed by atoms with Crippen LogP contribution in [-0.2, 0) is 20.8 Å². The molecule has 1 aliphatic carbocycles. The zero-order valence-corrected chi connectivity index (χ0v) is 13.0. The Morgan fingerprint density at radius 1 is 1.35 bits per heavy atom. The number of hydrogen-bond donors (Lipinski definition) is 2. The third kappa shape index (κ3) is 2.81. The molecule has 1 aliphatic heterocycles. The van der Waals surface area contributed by atoms with E-state index in [2.05, 4.69) is 5.32 Å². The molecule has 2 amide bonds. The first-order valence-electron chi connectivity index (χ1n) is 7.90. The number of nitrogens with zero attached hydrogens (tertiary/aromatic N) is 1. The Kier molecular flexibility index (Phi) is 3.83. The van der Waals surface area contributed by atoms with Crippen LogP contribution in [0, 0.1) is 5.92 Å². The first kappa shape index (κ1) is 15.5. The molecule has 6 heteroatoms. The largest absolute Gasteiger partial charge is 0.480 e. The van der Waals surface area contributed by atoms with E-state index >= 15 is 0 Å². The summed E-state index contributed by atoms with van der Waals surface area (Å²) in [4.78, 5) is 37.4. The Morgan fingerprint density at radius 2 is 2.04 bits per heavy atom. The molecule has 0 radical (unpaired) electrons. The van der Waals surface area contributed by atoms with Gasteiger partial charge in [0.1, 0.15) is 5.54 Å². The highest BCUT2D eigenvalue weighted by Crippen LogP contribution is 2.36. The lowest BCUT2D eigenvalue weighted by Crippen LogP contribution is -2.46. The van der Waals surface area contributed by atoms with Crippen molar-refractivity contribution in [2.45, 2.75) is 38.1 Å². The quantitative estimate of drug-likeness (QED) is 0.858. The van der Waals surface area contributed by atoms with Crippen molar-refractivity contribution in [2.24, 2.45) is 5.92 Å². The Labute approximate surface area is 134 Å². The number of carbonyl (C=O) groups is 3. The Hall–Kier alpha value is -2.37. The lowest BCUT2D eigenvalue weighted by atomic mass is 10.1. The first-order valence-corrected chi connectivity index (χ1v) is 7.90. The van der Waals surface area contributed by atoms with Gasteiger partial charge in [0.15, 0.2) is 0 Å². The number of anilines is 1. The van der Waals surface area contributed by atoms with Crippen molar-refractivity contribution in [3.05, 3.63) is 29.8 Å². The molecule has 122 valence electrons. The number of carboxylic acid groups (broad SMARTS) is 1. The minimum absolute atomic E-state index is 0.0915. The average Bonchev–Trinajstić information content (AvgIpc) is 3.22. The lowest BCUT2D eigenvalue weighted by Gasteiger charge is -2.20. The summed E-state index contributed by atoms with van der Waals surface area (Å²) in [5, 5.41) is 11.8. The molecular formula is C17H20N2O4. The molecule has 1 saturated carbocycles. The van der Waals surface area contributed by atoms with Crippen LogP contribution in [0.1, 0.15) is 31.7 Å². The number of nitrogens with one attached hydrogen (secondary N) is 1. The van der Waals surface area contributed by atoms with Crippen molar-refractivity contribution in [1.29, 1.82) is 0 Å². The maximum absolute atomic E-state index is 12.3. The van der Waals surface area contributed by atoms with Crippen molar-refractivity contribution in [3.8, 4) is 0 Å². The van der Waals surface area contributed by atoms with Crippen LogP contribution in [0.5, 0.6) is 0 Å². The molecule has 0 aromatic heterocycles. The molecule has 23 heavy (non-hydrogen) atoms. The Balaban J connectivity index is 1.72. The van der Waals surface area contributed by atoms with E-state index in [0.717, 1.165) is 17.7 Å². The smallest absolute Gasteiger partial charge is 0.329 e. The third-order valence-electron chi connectivity index (χ3n) is 4.68. The van der Waals surface area contributed by atoms with E-state index in [4.69, 9.17) is 5.11 Å². The zero-order valence-electron chi connectivity index (χ0n) is 13.0. The molecule has 1 atom stereocenters. The van der Waals surface area contributed by atoms with Crippen molar-refractivity contribution in [3.63, 3.8) is 0 Å². The van der Waals surface area contributed by atoms with Crippen LogP contribution in [0.3, 0.4) is 0 Å². The molecule has 1 aromatic rings. The normalized spacial score (nSPS) is 22.0. The van der Waals surface area contributed by atoms with Crippen LogP contribution in [-0.4, -0.2) is 35.0 Å². The molecule has 2 N–H and O–H groups in total. The monoisotopic (exact) mass is 316 g/mol. The fraction of sp³-hybridized carbons (Fsp3) is 0.471. The van der Waals surface area contributed by atoms with Crippen molar-refractivity contribution >= 4 is 23.5 Å². The van der Waals surface area contributed by atoms with E-state index in [1.807, 2.05) is 31.2 Å². The molecule has 1 aromatic carbocycles. The molecule has 6 nitrogen and oxygen atoms in total. The van der Waals surface area contributed by atoms with Gasteiger partial charge in [0.25, 0.3) is 0 Å². The maximum atomic E-state index is 12.3. The van der Waals surface area contributed by atoms with Gasteiger partial charge in [-0.05, 0) is 30.9 Å². The van der Waals surface area contributed by atoms with E-state index in [9.17, 15) is 14.4 Å². The van der Waals surface area contributed by atoms with Gasteiger partial charge >= 0.3 is 5.97 Å². The minimum atomic E-state index is -1.10. The molecule has 2 aliphatic rings. The topological polar surface area (TPSA) is 86.7 Å². The number of rotatable bonds is 5. The van der Waals surface area contributed by atoms with E-state index in [-0.39, 0.29) is 18.2 Å². The van der Waals surface area contributed by atoms with Crippen LogP contribution in [0.2, 0.25) is 0 Å². The Bertz CT molecular complexity index is 666. The van der Waals surface area contributed by atoms with Gasteiger partial charge in [-0.2, -0.15) is 0 Å². The van der Waals surface area contributed by atoms with E-state index in [1.165, 1.54) is 0 Å². The summed E-state index contributed by atoms with van der Waals surface area (Å²) >= 11 is 0. The maximum Gasteiger partial charge on any atom is 0.329 e. The van der Waals surface area contributed by atoms with Gasteiger partial charge in [0.2, 0.25) is 11.8 Å². The molecule has 0 bridgehead atoms. The van der Waals surface area contributed by atoms with Gasteiger partial charge in [-0.15, -0.1) is 0 Å². The number of amides is 2. The number of carboxylic acids is 1. The van der Waals surface area contributed by atoms with E-state index in [0.29, 0.717) is 19.4 Å². The third-order valence-corrected chi connectivity index (χ3v) is 4.68. The molecule has 0 spiro atoms. The second-order valence-electron chi connectivity index (χ2n) is 6.26. The highest BCUT2D eigenvalue weighted by atomic mass is 16.4. The molecule has 3 rings (SSSR count). The van der Waals surface area contributed by atoms with Gasteiger partial charge in [-0.25, -0.2) is 4.79 Å². The second-order valence-corrected chi connectivity index (χ2v) is 6.26. The van der Waals surface area contributed by atoms with Crippen LogP contribution in [0.25, 0.3) is 0 Å². The average molecular weight is 316 g/mol. The number of aliphatic carboxylic acids is 1. The highest BCUT2D eigenvalue weighted by Gasteiger charge is 2.52. The number of carbonyl (C=O) groups excluding carboxylic acids is 2. The SMILES string of the molecule is CCc1ccccc1N1C[C@@H](C(=O)NC2(C(=O)O)CC2)CC1=O. The highest BCUT2D eigenvalue weighted by molar-refractivity contribution is 6.01. The summed E-state index contributed by atoms with van der Waals surface area (Å²) in [7, 11) is 0. The van der Waals surface area contributed by atoms with Crippen molar-refractivity contribution in [1.82, 2.24) is 5.32 Å². The first-order chi connectivity index (χ1) is 11.0. The molecule has 1 heterocycles. The lowest BCUT2D eigenvalue weighted by molar-refractivity contribution is -0.143. The molecular weight excluding hydrogens is 296 g/mol. The van der Waals surface area contributed by atoms with E-state index < -0.39 is 17.4 Å². The predicted octanol–water partition coefficient (Wildman–Crippen LogP) is 1.34. The van der Waals surface area contributed by atoms with Crippen LogP contribution in [0.15, 0.2) is 24.3 Å². The summed E-state index contributed by atoms with van der Waals surface area (Å²) in [5.41, 5.74) is 0.801. The second kappa shape index (κ2) is 5.68. The predicted molar refractivity (Wildman–Crippen MR) is 84.0 cm³/mol. The van der Waals surface area contributed by atoms with Crippen molar-refractivity contribution in [2.75, 3.05) is 11.4 Å². The van der Waals surface area contributed by atoms with Gasteiger partial charge < -0.3 is 15.3 Å². The summed E-state index contributed by atoms with van der Waals surface area (Å²) in [5.74, 6) is -1.92.